The summed E-state index contributed by atoms with van der Waals surface area (Å²) in [7, 11) is 35.4. The van der Waals surface area contributed by atoms with Crippen molar-refractivity contribution in [2.24, 2.45) is 5.92 Å². The van der Waals surface area contributed by atoms with Gasteiger partial charge in [-0.2, -0.15) is 23.4 Å². The number of carbonyl (C=O) groups is 10. The molecule has 404 valence electrons. The molecule has 7 unspecified atom stereocenters. The van der Waals surface area contributed by atoms with E-state index in [1.807, 2.05) is 0 Å². The van der Waals surface area contributed by atoms with Gasteiger partial charge in [0.15, 0.2) is 11.6 Å². The molecule has 0 saturated carbocycles. The monoisotopic (exact) mass is 1120 g/mol. The van der Waals surface area contributed by atoms with Crippen LogP contribution in [0.3, 0.4) is 0 Å². The molecule has 4 N–H and O–H groups in total. The van der Waals surface area contributed by atoms with Crippen LogP contribution in [-0.2, 0) is 66.9 Å². The van der Waals surface area contributed by atoms with Gasteiger partial charge in [-0.3, -0.25) is 33.6 Å². The second-order valence-corrected chi connectivity index (χ2v) is 29.1. The number of ketones is 5. The van der Waals surface area contributed by atoms with Crippen LogP contribution in [0.4, 0.5) is 0 Å². The van der Waals surface area contributed by atoms with Gasteiger partial charge in [-0.15, -0.1) is 0 Å². The molecule has 76 heavy (non-hydrogen) atoms. The number of Topliss-reactive ketones (excluding diaryl/α,β-unsaturated/α-hetero) is 5. The van der Waals surface area contributed by atoms with Gasteiger partial charge in [0.1, 0.15) is 52.1 Å². The van der Waals surface area contributed by atoms with Crippen molar-refractivity contribution in [2.45, 2.75) is 129 Å². The maximum absolute atomic E-state index is 13.7. The molecule has 0 aliphatic rings. The van der Waals surface area contributed by atoms with Gasteiger partial charge in [-0.05, 0) is 54.4 Å². The molecule has 3 amide bonds. The predicted molar refractivity (Wildman–Crippen MR) is 315 cm³/mol. The average Bonchev–Trinajstić information content (AvgIpc) is 3.28. The molecule has 0 aliphatic carbocycles. The fourth-order valence-corrected chi connectivity index (χ4v) is 10.6. The van der Waals surface area contributed by atoms with Crippen LogP contribution in [-0.4, -0.2) is 243 Å². The molecule has 0 heterocycles. The van der Waals surface area contributed by atoms with Gasteiger partial charge < -0.3 is 19.5 Å². The minimum atomic E-state index is -2.37. The van der Waals surface area contributed by atoms with Crippen LogP contribution in [0, 0.1) is 5.92 Å². The van der Waals surface area contributed by atoms with E-state index in [1.165, 1.54) is 12.1 Å². The Bertz CT molecular complexity index is 2060. The predicted octanol–water partition coefficient (Wildman–Crippen LogP) is -0.163. The van der Waals surface area contributed by atoms with Crippen LogP contribution in [0.5, 0.6) is 0 Å². The summed E-state index contributed by atoms with van der Waals surface area (Å²) in [6, 6.07) is -0.988. The van der Waals surface area contributed by atoms with Crippen molar-refractivity contribution >= 4 is 162 Å². The van der Waals surface area contributed by atoms with E-state index in [0.717, 1.165) is 0 Å². The standard InChI is InChI=1S/C44H73B10N4O14P3S/c1-43(2,3)71-39(65)23-56-36(42(68)72-44(4,5)6)16-17-38(64)57-35(15-13-32(61)28-76(52-45,53-46)54(47)48)41(67)55-18-19-69-20-21-70-24-33(62)22-29(10-11-30(59)25-73(7)49)40(66)58-34(37(63)27-75(9)51)14-12-31(60)26-74(8)50/h29,34-36,56H,10-28H2,1-9H3,(H,55,67)(H,57,64)(H,58,66). The van der Waals surface area contributed by atoms with Crippen molar-refractivity contribution in [2.75, 3.05) is 83.8 Å². The Kier molecular flexibility index (Phi) is 37.4. The Morgan fingerprint density at radius 2 is 1.12 bits per heavy atom. The Morgan fingerprint density at radius 3 is 1.64 bits per heavy atom. The fourth-order valence-electron chi connectivity index (χ4n) is 6.90. The van der Waals surface area contributed by atoms with E-state index in [0.29, 0.717) is 0 Å². The van der Waals surface area contributed by atoms with Gasteiger partial charge in [0, 0.05) is 43.7 Å². The van der Waals surface area contributed by atoms with Gasteiger partial charge in [0.25, 0.3) is 0 Å². The summed E-state index contributed by atoms with van der Waals surface area (Å²) in [5.74, 6) is -7.04. The van der Waals surface area contributed by atoms with Gasteiger partial charge in [0.05, 0.1) is 19.2 Å². The summed E-state index contributed by atoms with van der Waals surface area (Å²) in [5, 5.41) is 10.8. The first kappa shape index (κ1) is 73.9. The Balaban J connectivity index is 5.78. The van der Waals surface area contributed by atoms with Crippen molar-refractivity contribution in [3.8, 4) is 0 Å². The quantitative estimate of drug-likeness (QED) is 0.0269. The summed E-state index contributed by atoms with van der Waals surface area (Å²) < 4.78 is 21.9. The fraction of sp³-hybridized carbons (Fsp3) is 0.773. The molecular formula is C44H73B10N4O14P3S. The molecule has 0 fully saturated rings. The number of nitrogens with one attached hydrogen (secondary N) is 4. The SMILES string of the molecule is [B]B=S(=B[B])(CC(=O)CCC(NC(=O)CCC(NCC(=O)OC(C)(C)C)C(=O)OC(C)(C)C)C(=O)NCCOCCOCC(=O)CC(CCC(=O)CP([B])C)C(=O)NC(CCC(=O)CP([B])C)C(=O)CP([B])C)B([B])[B]. The summed E-state index contributed by atoms with van der Waals surface area (Å²) >= 11 is 0. The molecule has 14 radical (unpaired) electrons. The maximum atomic E-state index is 13.7. The average molecular weight is 1120 g/mol. The molecule has 7 atom stereocenters. The third kappa shape index (κ3) is 35.5. The first-order valence-corrected chi connectivity index (χ1v) is 32.9. The summed E-state index contributed by atoms with van der Waals surface area (Å²) in [5.41, 5.74) is -1.67. The van der Waals surface area contributed by atoms with E-state index in [1.54, 1.807) is 61.5 Å². The number of amides is 3. The Hall–Kier alpha value is -2.13. The van der Waals surface area contributed by atoms with E-state index in [2.05, 4.69) is 21.3 Å². The van der Waals surface area contributed by atoms with Crippen molar-refractivity contribution in [1.29, 1.82) is 0 Å². The van der Waals surface area contributed by atoms with Crippen LogP contribution in [0.2, 0.25) is 0 Å². The van der Waals surface area contributed by atoms with Gasteiger partial charge >= 0.3 is 185 Å². The summed E-state index contributed by atoms with van der Waals surface area (Å²) in [6.07, 6.45) is -0.791. The zero-order valence-corrected chi connectivity index (χ0v) is 49.5. The molecule has 0 aliphatic heterocycles. The molecule has 32 heteroatoms. The van der Waals surface area contributed by atoms with Crippen LogP contribution in [0.25, 0.3) is 0 Å². The molecule has 0 saturated heterocycles. The first-order chi connectivity index (χ1) is 35.2. The van der Waals surface area contributed by atoms with Crippen LogP contribution in [0.1, 0.15) is 99.3 Å². The third-order valence-corrected chi connectivity index (χ3v) is 15.9. The van der Waals surface area contributed by atoms with E-state index >= 15 is 0 Å². The van der Waals surface area contributed by atoms with Crippen LogP contribution < -0.4 is 21.3 Å². The second-order valence-electron chi connectivity index (χ2n) is 20.4. The van der Waals surface area contributed by atoms with Gasteiger partial charge in [-0.25, -0.2) is 0 Å². The topological polar surface area (TPSA) is 256 Å². The minimum absolute atomic E-state index is 0.00552. The van der Waals surface area contributed by atoms with Gasteiger partial charge in [-0.1, -0.05) is 20.0 Å². The molecule has 0 aromatic heterocycles. The molecule has 0 spiro atoms. The molecular weight excluding hydrogens is 1040 g/mol. The molecule has 0 aromatic rings. The summed E-state index contributed by atoms with van der Waals surface area (Å²) in [4.78, 5) is 131. The van der Waals surface area contributed by atoms with E-state index in [9.17, 15) is 47.9 Å². The molecule has 0 rings (SSSR count). The Morgan fingerprint density at radius 1 is 0.605 bits per heavy atom. The summed E-state index contributed by atoms with van der Waals surface area (Å²) in [6.45, 7) is 14.3. The van der Waals surface area contributed by atoms with E-state index in [-0.39, 0.29) is 138 Å². The number of rotatable bonds is 40. The number of hydrogen-bond acceptors (Lipinski definition) is 15. The van der Waals surface area contributed by atoms with E-state index in [4.69, 9.17) is 72.6 Å². The van der Waals surface area contributed by atoms with Crippen molar-refractivity contribution in [1.82, 2.24) is 21.3 Å². The number of carbonyl (C=O) groups excluding carboxylic acids is 10. The first-order valence-electron chi connectivity index (χ1n) is 24.8. The molecule has 18 nitrogen and oxygen atoms in total. The number of esters is 2. The number of hydrogen-bond donors (Lipinski definition) is 4. The van der Waals surface area contributed by atoms with Crippen LogP contribution in [0.15, 0.2) is 0 Å². The molecule has 0 bridgehead atoms. The van der Waals surface area contributed by atoms with E-state index < -0.39 is 115 Å². The van der Waals surface area contributed by atoms with Crippen molar-refractivity contribution in [3.05, 3.63) is 0 Å². The second kappa shape index (κ2) is 38.5. The Labute approximate surface area is 466 Å². The zero-order valence-electron chi connectivity index (χ0n) is 46.0. The van der Waals surface area contributed by atoms with Gasteiger partial charge in [0.2, 0.25) is 5.91 Å². The third-order valence-electron chi connectivity index (χ3n) is 10.5. The van der Waals surface area contributed by atoms with Crippen molar-refractivity contribution in [3.63, 3.8) is 0 Å². The zero-order chi connectivity index (χ0) is 58.4. The molecule has 0 aromatic carbocycles. The van der Waals surface area contributed by atoms with Crippen LogP contribution >= 0.6 is 32.1 Å². The number of ether oxygens (including phenoxy) is 4. The normalized spacial score (nSPS) is 14.4. The van der Waals surface area contributed by atoms with Crippen molar-refractivity contribution < 1.29 is 66.9 Å².